The second-order valence-electron chi connectivity index (χ2n) is 2.65. The van der Waals surface area contributed by atoms with Gasteiger partial charge in [-0.15, -0.1) is 0 Å². The van der Waals surface area contributed by atoms with E-state index in [9.17, 15) is 18.0 Å². The van der Waals surface area contributed by atoms with E-state index in [-0.39, 0.29) is 6.54 Å². The molecule has 1 amide bonds. The van der Waals surface area contributed by atoms with Crippen LogP contribution in [0.3, 0.4) is 0 Å². The zero-order chi connectivity index (χ0) is 11.5. The Hall–Kier alpha value is -1.30. The van der Waals surface area contributed by atoms with Gasteiger partial charge in [-0.05, 0) is 12.1 Å². The third-order valence-corrected chi connectivity index (χ3v) is 1.70. The minimum absolute atomic E-state index is 0.282. The highest BCUT2D eigenvalue weighted by atomic mass is 35.5. The quantitative estimate of drug-likeness (QED) is 0.855. The number of amides is 1. The van der Waals surface area contributed by atoms with Crippen LogP contribution < -0.4 is 5.32 Å². The van der Waals surface area contributed by atoms with Crippen LogP contribution in [0.1, 0.15) is 5.69 Å². The Morgan fingerprint density at radius 2 is 2.13 bits per heavy atom. The predicted molar refractivity (Wildman–Crippen MR) is 47.1 cm³/mol. The summed E-state index contributed by atoms with van der Waals surface area (Å²) in [5, 5.41) is 2.06. The molecule has 0 aliphatic heterocycles. The van der Waals surface area contributed by atoms with Crippen molar-refractivity contribution in [2.24, 2.45) is 0 Å². The molecule has 3 nitrogen and oxygen atoms in total. The van der Waals surface area contributed by atoms with Crippen molar-refractivity contribution in [1.82, 2.24) is 10.3 Å². The first-order valence-electron chi connectivity index (χ1n) is 3.85. The molecule has 0 aromatic carbocycles. The summed E-state index contributed by atoms with van der Waals surface area (Å²) >= 11 is 5.52. The molecule has 7 heteroatoms. The van der Waals surface area contributed by atoms with Crippen LogP contribution in [0.2, 0.25) is 5.02 Å². The fraction of sp³-hybridized carbons (Fsp3) is 0.250. The lowest BCUT2D eigenvalue weighted by molar-refractivity contribution is -0.173. The van der Waals surface area contributed by atoms with Gasteiger partial charge in [-0.1, -0.05) is 11.6 Å². The predicted octanol–water partition coefficient (Wildman–Crippen LogP) is 1.91. The lowest BCUT2D eigenvalue weighted by Gasteiger charge is -2.06. The van der Waals surface area contributed by atoms with Crippen LogP contribution in [-0.2, 0) is 11.3 Å². The molecule has 0 atom stereocenters. The standard InChI is InChI=1S/C8H6ClF3N2O/c9-5-1-2-6(13-3-5)4-14-7(15)8(10,11)12/h1-3H,4H2,(H,14,15). The van der Waals surface area contributed by atoms with E-state index in [1.807, 2.05) is 0 Å². The summed E-state index contributed by atoms with van der Waals surface area (Å²) in [6, 6.07) is 2.91. The van der Waals surface area contributed by atoms with Crippen molar-refractivity contribution < 1.29 is 18.0 Å². The van der Waals surface area contributed by atoms with Gasteiger partial charge in [0.2, 0.25) is 0 Å². The topological polar surface area (TPSA) is 42.0 Å². The Morgan fingerprint density at radius 1 is 1.47 bits per heavy atom. The molecule has 0 saturated heterocycles. The molecule has 1 heterocycles. The molecule has 0 saturated carbocycles. The molecule has 0 aliphatic rings. The van der Waals surface area contributed by atoms with Crippen molar-refractivity contribution in [2.75, 3.05) is 0 Å². The second kappa shape index (κ2) is 4.48. The maximum Gasteiger partial charge on any atom is 0.471 e. The summed E-state index contributed by atoms with van der Waals surface area (Å²) in [5.41, 5.74) is 0.303. The number of alkyl halides is 3. The maximum atomic E-state index is 11.8. The molecule has 0 radical (unpaired) electrons. The van der Waals surface area contributed by atoms with Gasteiger partial charge in [-0.25, -0.2) is 0 Å². The van der Waals surface area contributed by atoms with Crippen molar-refractivity contribution in [2.45, 2.75) is 12.7 Å². The smallest absolute Gasteiger partial charge is 0.343 e. The van der Waals surface area contributed by atoms with Crippen LogP contribution >= 0.6 is 11.6 Å². The molecule has 1 aromatic heterocycles. The normalized spacial score (nSPS) is 11.2. The van der Waals surface area contributed by atoms with E-state index >= 15 is 0 Å². The minimum Gasteiger partial charge on any atom is -0.343 e. The highest BCUT2D eigenvalue weighted by Gasteiger charge is 2.38. The van der Waals surface area contributed by atoms with E-state index < -0.39 is 12.1 Å². The van der Waals surface area contributed by atoms with Crippen molar-refractivity contribution in [3.05, 3.63) is 29.0 Å². The van der Waals surface area contributed by atoms with Gasteiger partial charge in [0.1, 0.15) is 0 Å². The monoisotopic (exact) mass is 238 g/mol. The zero-order valence-corrected chi connectivity index (χ0v) is 8.06. The van der Waals surface area contributed by atoms with E-state index in [4.69, 9.17) is 11.6 Å². The number of nitrogens with zero attached hydrogens (tertiary/aromatic N) is 1. The first-order valence-corrected chi connectivity index (χ1v) is 4.23. The highest BCUT2D eigenvalue weighted by molar-refractivity contribution is 6.30. The third kappa shape index (κ3) is 3.75. The first-order chi connectivity index (χ1) is 6.89. The molecule has 1 aromatic rings. The molecule has 0 bridgehead atoms. The number of carbonyl (C=O) groups is 1. The van der Waals surface area contributed by atoms with Gasteiger partial charge in [0.05, 0.1) is 17.3 Å². The Morgan fingerprint density at radius 3 is 2.60 bits per heavy atom. The highest BCUT2D eigenvalue weighted by Crippen LogP contribution is 2.14. The lowest BCUT2D eigenvalue weighted by atomic mass is 10.3. The fourth-order valence-electron chi connectivity index (χ4n) is 0.782. The van der Waals surface area contributed by atoms with Gasteiger partial charge in [-0.2, -0.15) is 13.2 Å². The average molecular weight is 239 g/mol. The molecular weight excluding hydrogens is 233 g/mol. The summed E-state index contributed by atoms with van der Waals surface area (Å²) < 4.78 is 35.3. The molecule has 0 spiro atoms. The number of carbonyl (C=O) groups excluding carboxylic acids is 1. The van der Waals surface area contributed by atoms with E-state index in [1.165, 1.54) is 18.3 Å². The van der Waals surface area contributed by atoms with Crippen LogP contribution in [0.15, 0.2) is 18.3 Å². The summed E-state index contributed by atoms with van der Waals surface area (Å²) in [7, 11) is 0. The SMILES string of the molecule is O=C(NCc1ccc(Cl)cn1)C(F)(F)F. The first kappa shape index (κ1) is 11.8. The Bertz CT molecular complexity index is 350. The van der Waals surface area contributed by atoms with Crippen LogP contribution in [-0.4, -0.2) is 17.1 Å². The number of pyridine rings is 1. The van der Waals surface area contributed by atoms with Gasteiger partial charge >= 0.3 is 12.1 Å². The zero-order valence-electron chi connectivity index (χ0n) is 7.31. The summed E-state index contributed by atoms with van der Waals surface area (Å²) in [4.78, 5) is 14.1. The third-order valence-electron chi connectivity index (χ3n) is 1.48. The van der Waals surface area contributed by atoms with Crippen LogP contribution in [0.4, 0.5) is 13.2 Å². The van der Waals surface area contributed by atoms with E-state index in [2.05, 4.69) is 4.98 Å². The number of aromatic nitrogens is 1. The van der Waals surface area contributed by atoms with Crippen molar-refractivity contribution in [3.63, 3.8) is 0 Å². The van der Waals surface area contributed by atoms with Crippen molar-refractivity contribution in [3.8, 4) is 0 Å². The molecule has 82 valence electrons. The van der Waals surface area contributed by atoms with Gasteiger partial charge in [0, 0.05) is 6.20 Å². The second-order valence-corrected chi connectivity index (χ2v) is 3.08. The molecule has 15 heavy (non-hydrogen) atoms. The molecular formula is C8H6ClF3N2O. The van der Waals surface area contributed by atoms with Gasteiger partial charge < -0.3 is 5.32 Å². The van der Waals surface area contributed by atoms with Crippen LogP contribution in [0.5, 0.6) is 0 Å². The number of nitrogens with one attached hydrogen (secondary N) is 1. The Kier molecular flexibility index (Phi) is 3.52. The summed E-state index contributed by atoms with van der Waals surface area (Å²) in [6.07, 6.45) is -3.58. The van der Waals surface area contributed by atoms with E-state index in [0.717, 1.165) is 0 Å². The number of rotatable bonds is 2. The molecule has 1 N–H and O–H groups in total. The minimum atomic E-state index is -4.87. The van der Waals surface area contributed by atoms with Gasteiger partial charge in [-0.3, -0.25) is 9.78 Å². The summed E-state index contributed by atoms with van der Waals surface area (Å²) in [6.45, 7) is -0.282. The number of hydrogen-bond acceptors (Lipinski definition) is 2. The lowest BCUT2D eigenvalue weighted by Crippen LogP contribution is -2.36. The van der Waals surface area contributed by atoms with E-state index in [0.29, 0.717) is 10.7 Å². The Balaban J connectivity index is 2.51. The van der Waals surface area contributed by atoms with Gasteiger partial charge in [0.15, 0.2) is 0 Å². The van der Waals surface area contributed by atoms with E-state index in [1.54, 1.807) is 5.32 Å². The van der Waals surface area contributed by atoms with Crippen LogP contribution in [0, 0.1) is 0 Å². The number of hydrogen-bond donors (Lipinski definition) is 1. The largest absolute Gasteiger partial charge is 0.471 e. The number of halogens is 4. The van der Waals surface area contributed by atoms with Crippen molar-refractivity contribution >= 4 is 17.5 Å². The Labute approximate surface area is 88.3 Å². The molecule has 0 unspecified atom stereocenters. The fourth-order valence-corrected chi connectivity index (χ4v) is 0.894. The maximum absolute atomic E-state index is 11.8. The summed E-state index contributed by atoms with van der Waals surface area (Å²) in [5.74, 6) is -1.99. The molecule has 1 rings (SSSR count). The van der Waals surface area contributed by atoms with Crippen molar-refractivity contribution in [1.29, 1.82) is 0 Å². The molecule has 0 fully saturated rings. The molecule has 0 aliphatic carbocycles. The average Bonchev–Trinajstić information content (AvgIpc) is 2.15. The van der Waals surface area contributed by atoms with Crippen LogP contribution in [0.25, 0.3) is 0 Å². The van der Waals surface area contributed by atoms with Gasteiger partial charge in [0.25, 0.3) is 0 Å².